The maximum Gasteiger partial charge on any atom is 0.500 e. The van der Waals surface area contributed by atoms with Gasteiger partial charge in [0.2, 0.25) is 11.8 Å². The smallest absolute Gasteiger partial charge is 0.374 e. The van der Waals surface area contributed by atoms with Gasteiger partial charge in [0.15, 0.2) is 0 Å². The van der Waals surface area contributed by atoms with E-state index in [1.807, 2.05) is 83.1 Å². The third kappa shape index (κ3) is 23.0. The molecule has 20 heteroatoms. The maximum absolute atomic E-state index is 14.3. The van der Waals surface area contributed by atoms with Crippen LogP contribution in [0, 0.1) is 0 Å². The SMILES string of the molecule is CCO[Si](CCCN(CCC[Si](OCC)(OCC)OCC)C(=O)CC(=O)N(CCC[Si](OCC)(OCC)OCC)CCC[Si](OCC)(OCC)OCC)(OCC)OCC. The number of nitrogens with zero attached hydrogens (tertiary/aromatic N) is 2. The number of rotatable bonds is 42. The summed E-state index contributed by atoms with van der Waals surface area (Å²) in [5.74, 6) is -0.507. The van der Waals surface area contributed by atoms with E-state index in [2.05, 4.69) is 0 Å². The van der Waals surface area contributed by atoms with Crippen molar-refractivity contribution in [3.63, 3.8) is 0 Å². The van der Waals surface area contributed by atoms with Crippen molar-refractivity contribution in [2.24, 2.45) is 0 Å². The molecule has 0 unspecified atom stereocenters. The highest BCUT2D eigenvalue weighted by atomic mass is 28.4. The van der Waals surface area contributed by atoms with Gasteiger partial charge < -0.3 is 62.9 Å². The van der Waals surface area contributed by atoms with E-state index in [-0.39, 0.29) is 18.2 Å². The molecule has 0 aromatic carbocycles. The van der Waals surface area contributed by atoms with Crippen molar-refractivity contribution in [2.75, 3.05) is 105 Å². The summed E-state index contributed by atoms with van der Waals surface area (Å²) in [6.45, 7) is 30.3. The molecule has 0 saturated heterocycles. The summed E-state index contributed by atoms with van der Waals surface area (Å²) < 4.78 is 73.3. The summed E-state index contributed by atoms with van der Waals surface area (Å²) in [5.41, 5.74) is 0. The second-order valence-corrected chi connectivity index (χ2v) is 24.2. The molecular formula is C39H86N2O14Si4. The second kappa shape index (κ2) is 34.8. The largest absolute Gasteiger partial charge is 0.500 e. The molecule has 0 rings (SSSR count). The van der Waals surface area contributed by atoms with E-state index in [1.54, 1.807) is 9.80 Å². The standard InChI is InChI=1S/C39H86N2O14Si4/c1-13-44-56(45-14-2,46-15-3)33-25-29-40(30-26-34-57(47-16-4,48-17-5)49-18-6)38(42)37-39(43)41(31-27-35-58(50-19-7,51-20-8)52-21-9)32-28-36-59(53-22-10,54-23-11)55-24-12/h13-37H2,1-12H3. The number of carbonyl (C=O) groups is 2. The average Bonchev–Trinajstić information content (AvgIpc) is 3.18. The molecular weight excluding hydrogens is 833 g/mol. The summed E-state index contributed by atoms with van der Waals surface area (Å²) >= 11 is 0. The van der Waals surface area contributed by atoms with Gasteiger partial charge in [-0.2, -0.15) is 0 Å². The van der Waals surface area contributed by atoms with Crippen molar-refractivity contribution in [3.05, 3.63) is 0 Å². The number of carbonyl (C=O) groups excluding carboxylic acids is 2. The van der Waals surface area contributed by atoms with E-state index in [0.717, 1.165) is 0 Å². The molecule has 0 spiro atoms. The lowest BCUT2D eigenvalue weighted by atomic mass is 10.2. The molecule has 0 atom stereocenters. The molecule has 0 aliphatic rings. The van der Waals surface area contributed by atoms with Crippen molar-refractivity contribution in [1.29, 1.82) is 0 Å². The summed E-state index contributed by atoms with van der Waals surface area (Å²) in [5, 5.41) is 0. The Morgan fingerprint density at radius 2 is 0.458 bits per heavy atom. The molecule has 16 nitrogen and oxygen atoms in total. The third-order valence-electron chi connectivity index (χ3n) is 9.02. The van der Waals surface area contributed by atoms with Gasteiger partial charge in [0.05, 0.1) is 0 Å². The normalized spacial score (nSPS) is 12.7. The summed E-state index contributed by atoms with van der Waals surface area (Å²) in [6.07, 6.45) is 2.04. The monoisotopic (exact) mass is 919 g/mol. The highest BCUT2D eigenvalue weighted by Crippen LogP contribution is 2.24. The average molecular weight is 919 g/mol. The van der Waals surface area contributed by atoms with E-state index in [9.17, 15) is 9.59 Å². The summed E-state index contributed by atoms with van der Waals surface area (Å²) in [7, 11) is -11.8. The van der Waals surface area contributed by atoms with Crippen LogP contribution in [-0.4, -0.2) is 162 Å². The first-order valence-corrected chi connectivity index (χ1v) is 30.4. The van der Waals surface area contributed by atoms with Crippen LogP contribution in [0.25, 0.3) is 0 Å². The van der Waals surface area contributed by atoms with Gasteiger partial charge in [-0.25, -0.2) is 0 Å². The Kier molecular flexibility index (Phi) is 34.4. The predicted molar refractivity (Wildman–Crippen MR) is 238 cm³/mol. The zero-order valence-corrected chi connectivity index (χ0v) is 43.3. The van der Waals surface area contributed by atoms with E-state index in [0.29, 0.717) is 155 Å². The van der Waals surface area contributed by atoms with Gasteiger partial charge in [0.1, 0.15) is 6.42 Å². The Labute approximate surface area is 363 Å². The molecule has 0 aliphatic heterocycles. The Morgan fingerprint density at radius 3 is 0.593 bits per heavy atom. The lowest BCUT2D eigenvalue weighted by molar-refractivity contribution is -0.140. The number of hydrogen-bond donors (Lipinski definition) is 0. The van der Waals surface area contributed by atoms with Crippen LogP contribution in [0.1, 0.15) is 115 Å². The van der Waals surface area contributed by atoms with E-state index >= 15 is 0 Å². The molecule has 59 heavy (non-hydrogen) atoms. The highest BCUT2D eigenvalue weighted by molar-refractivity contribution is 6.61. The van der Waals surface area contributed by atoms with Crippen molar-refractivity contribution in [1.82, 2.24) is 9.80 Å². The van der Waals surface area contributed by atoms with Crippen LogP contribution in [0.3, 0.4) is 0 Å². The van der Waals surface area contributed by atoms with Crippen molar-refractivity contribution in [3.8, 4) is 0 Å². The Hall–Kier alpha value is -0.672. The summed E-state index contributed by atoms with van der Waals surface area (Å²) in [4.78, 5) is 32.2. The highest BCUT2D eigenvalue weighted by Gasteiger charge is 2.43. The maximum atomic E-state index is 14.3. The van der Waals surface area contributed by atoms with E-state index < -0.39 is 35.2 Å². The van der Waals surface area contributed by atoms with Crippen molar-refractivity contribution >= 4 is 47.0 Å². The molecule has 0 radical (unpaired) electrons. The van der Waals surface area contributed by atoms with E-state index in [1.165, 1.54) is 0 Å². The first-order chi connectivity index (χ1) is 28.4. The van der Waals surface area contributed by atoms with Crippen molar-refractivity contribution < 1.29 is 62.7 Å². The van der Waals surface area contributed by atoms with Crippen LogP contribution in [0.2, 0.25) is 24.2 Å². The minimum Gasteiger partial charge on any atom is -0.374 e. The molecule has 0 aromatic rings. The predicted octanol–water partition coefficient (Wildman–Crippen LogP) is 6.79. The lowest BCUT2D eigenvalue weighted by Gasteiger charge is -2.32. The molecule has 2 amide bonds. The molecule has 0 N–H and O–H groups in total. The van der Waals surface area contributed by atoms with Crippen LogP contribution in [-0.2, 0) is 62.7 Å². The second-order valence-electron chi connectivity index (χ2n) is 13.3. The van der Waals surface area contributed by atoms with Gasteiger partial charge in [-0.05, 0) is 109 Å². The van der Waals surface area contributed by atoms with Gasteiger partial charge in [-0.3, -0.25) is 9.59 Å². The van der Waals surface area contributed by atoms with Crippen LogP contribution in [0.4, 0.5) is 0 Å². The molecule has 0 saturated carbocycles. The zero-order chi connectivity index (χ0) is 44.5. The fourth-order valence-electron chi connectivity index (χ4n) is 7.03. The first-order valence-electron chi connectivity index (χ1n) is 22.6. The third-order valence-corrected chi connectivity index (χ3v) is 21.6. The van der Waals surface area contributed by atoms with Crippen LogP contribution in [0.5, 0.6) is 0 Å². The molecule has 0 aliphatic carbocycles. The van der Waals surface area contributed by atoms with Crippen LogP contribution >= 0.6 is 0 Å². The topological polar surface area (TPSA) is 151 Å². The van der Waals surface area contributed by atoms with Gasteiger partial charge in [-0.15, -0.1) is 0 Å². The minimum atomic E-state index is -2.96. The zero-order valence-electron chi connectivity index (χ0n) is 39.3. The van der Waals surface area contributed by atoms with Crippen molar-refractivity contribution in [2.45, 2.75) is 139 Å². The van der Waals surface area contributed by atoms with Crippen LogP contribution < -0.4 is 0 Å². The van der Waals surface area contributed by atoms with Gasteiger partial charge in [-0.1, -0.05) is 0 Å². The molecule has 0 aromatic heterocycles. The Balaban J connectivity index is 6.54. The molecule has 0 bridgehead atoms. The van der Waals surface area contributed by atoms with Gasteiger partial charge in [0, 0.05) is 130 Å². The van der Waals surface area contributed by atoms with Crippen LogP contribution in [0.15, 0.2) is 0 Å². The number of hydrogen-bond acceptors (Lipinski definition) is 14. The lowest BCUT2D eigenvalue weighted by Crippen LogP contribution is -2.48. The van der Waals surface area contributed by atoms with Gasteiger partial charge in [0.25, 0.3) is 0 Å². The summed E-state index contributed by atoms with van der Waals surface area (Å²) in [6, 6.07) is 2.16. The minimum absolute atomic E-state index is 0.253. The quantitative estimate of drug-likeness (QED) is 0.0467. The molecule has 352 valence electrons. The Bertz CT molecular complexity index is 848. The fraction of sp³-hybridized carbons (Fsp3) is 0.949. The van der Waals surface area contributed by atoms with Gasteiger partial charge >= 0.3 is 35.2 Å². The Morgan fingerprint density at radius 1 is 0.305 bits per heavy atom. The molecule has 0 fully saturated rings. The molecule has 0 heterocycles. The fourth-order valence-corrected chi connectivity index (χ4v) is 17.4. The van der Waals surface area contributed by atoms with E-state index in [4.69, 9.17) is 53.1 Å². The number of amides is 2. The first kappa shape index (κ1) is 58.3.